The molecule has 3 atom stereocenters. The molecule has 1 amide bonds. The predicted molar refractivity (Wildman–Crippen MR) is 108 cm³/mol. The number of carbonyl (C=O) groups is 2. The van der Waals surface area contributed by atoms with E-state index in [2.05, 4.69) is 19.6 Å². The van der Waals surface area contributed by atoms with Crippen molar-refractivity contribution in [1.29, 1.82) is 0 Å². The highest BCUT2D eigenvalue weighted by atomic mass is 28.4. The number of benzene rings is 1. The van der Waals surface area contributed by atoms with Crippen LogP contribution in [0.4, 0.5) is 4.79 Å². The smallest absolute Gasteiger partial charge is 0.411 e. The SMILES string of the molecule is COC(=O)[C@@H]1C[C@H]2C(O[Si](C)(C)C)=CC=C[C@H]2N1C(=O)OCc1ccccc1. The molecule has 0 bridgehead atoms. The first kappa shape index (κ1) is 20.2. The van der Waals surface area contributed by atoms with E-state index in [0.717, 1.165) is 11.3 Å². The minimum atomic E-state index is -1.82. The molecule has 1 aromatic rings. The van der Waals surface area contributed by atoms with E-state index in [1.165, 1.54) is 12.0 Å². The third-order valence-electron chi connectivity index (χ3n) is 4.79. The lowest BCUT2D eigenvalue weighted by molar-refractivity contribution is -0.145. The summed E-state index contributed by atoms with van der Waals surface area (Å²) < 4.78 is 16.7. The van der Waals surface area contributed by atoms with Crippen molar-refractivity contribution in [2.24, 2.45) is 5.92 Å². The van der Waals surface area contributed by atoms with Gasteiger partial charge in [-0.05, 0) is 37.7 Å². The van der Waals surface area contributed by atoms with E-state index in [9.17, 15) is 9.59 Å². The van der Waals surface area contributed by atoms with Gasteiger partial charge < -0.3 is 13.9 Å². The van der Waals surface area contributed by atoms with Crippen LogP contribution in [0.2, 0.25) is 19.6 Å². The van der Waals surface area contributed by atoms with Gasteiger partial charge in [0.1, 0.15) is 12.6 Å². The van der Waals surface area contributed by atoms with E-state index < -0.39 is 26.4 Å². The molecule has 2 aliphatic rings. The summed E-state index contributed by atoms with van der Waals surface area (Å²) in [5.74, 6) is 0.316. The number of ether oxygens (including phenoxy) is 2. The second-order valence-corrected chi connectivity index (χ2v) is 12.4. The zero-order valence-electron chi connectivity index (χ0n) is 16.8. The Morgan fingerprint density at radius 1 is 1.18 bits per heavy atom. The quantitative estimate of drug-likeness (QED) is 0.554. The first-order valence-electron chi connectivity index (χ1n) is 9.44. The molecule has 1 heterocycles. The number of fused-ring (bicyclic) bond motifs is 1. The average molecular weight is 402 g/mol. The molecule has 6 nitrogen and oxygen atoms in total. The van der Waals surface area contributed by atoms with E-state index in [1.54, 1.807) is 0 Å². The molecular weight excluding hydrogens is 374 g/mol. The fourth-order valence-corrected chi connectivity index (χ4v) is 4.57. The fourth-order valence-electron chi connectivity index (χ4n) is 3.65. The fraction of sp³-hybridized carbons (Fsp3) is 0.429. The lowest BCUT2D eigenvalue weighted by Crippen LogP contribution is -2.46. The van der Waals surface area contributed by atoms with Crippen LogP contribution in [0.1, 0.15) is 12.0 Å². The highest BCUT2D eigenvalue weighted by molar-refractivity contribution is 6.70. The van der Waals surface area contributed by atoms with Crippen molar-refractivity contribution in [2.45, 2.75) is 44.8 Å². The first-order valence-corrected chi connectivity index (χ1v) is 12.9. The maximum Gasteiger partial charge on any atom is 0.411 e. The Balaban J connectivity index is 1.79. The standard InChI is InChI=1S/C21H27NO5Si/c1-25-20(23)18-13-16-17(11-8-12-19(16)27-28(2,3)4)22(18)21(24)26-14-15-9-6-5-7-10-15/h5-12,16-18H,13-14H2,1-4H3/t16-,17-,18+/m1/s1. The van der Waals surface area contributed by atoms with Gasteiger partial charge >= 0.3 is 12.1 Å². The lowest BCUT2D eigenvalue weighted by Gasteiger charge is -2.32. The van der Waals surface area contributed by atoms with Gasteiger partial charge in [-0.25, -0.2) is 9.59 Å². The summed E-state index contributed by atoms with van der Waals surface area (Å²) in [5, 5.41) is 0. The molecule has 28 heavy (non-hydrogen) atoms. The second kappa shape index (κ2) is 8.22. The van der Waals surface area contributed by atoms with Crippen LogP contribution in [0.15, 0.2) is 54.3 Å². The molecule has 7 heteroatoms. The maximum absolute atomic E-state index is 12.9. The molecule has 1 saturated heterocycles. The number of esters is 1. The Hall–Kier alpha value is -2.54. The largest absolute Gasteiger partial charge is 0.547 e. The predicted octanol–water partition coefficient (Wildman–Crippen LogP) is 3.86. The summed E-state index contributed by atoms with van der Waals surface area (Å²) in [7, 11) is -0.487. The molecule has 150 valence electrons. The molecule has 0 radical (unpaired) electrons. The number of likely N-dealkylation sites (tertiary alicyclic amines) is 1. The monoisotopic (exact) mass is 401 g/mol. The Labute approximate surface area is 166 Å². The van der Waals surface area contributed by atoms with Gasteiger partial charge in [-0.15, -0.1) is 0 Å². The maximum atomic E-state index is 12.9. The molecule has 0 saturated carbocycles. The van der Waals surface area contributed by atoms with Crippen molar-refractivity contribution in [2.75, 3.05) is 7.11 Å². The summed E-state index contributed by atoms with van der Waals surface area (Å²) >= 11 is 0. The average Bonchev–Trinajstić information content (AvgIpc) is 3.06. The summed E-state index contributed by atoms with van der Waals surface area (Å²) in [5.41, 5.74) is 0.892. The Kier molecular flexibility index (Phi) is 5.93. The molecule has 0 aromatic heterocycles. The number of methoxy groups -OCH3 is 1. The number of carbonyl (C=O) groups excluding carboxylic acids is 2. The first-order chi connectivity index (χ1) is 13.3. The third kappa shape index (κ3) is 4.47. The van der Waals surface area contributed by atoms with Crippen molar-refractivity contribution in [3.63, 3.8) is 0 Å². The number of hydrogen-bond donors (Lipinski definition) is 0. The van der Waals surface area contributed by atoms with Crippen molar-refractivity contribution < 1.29 is 23.5 Å². The topological polar surface area (TPSA) is 65.1 Å². The number of nitrogens with zero attached hydrogens (tertiary/aromatic N) is 1. The van der Waals surface area contributed by atoms with Crippen molar-refractivity contribution in [3.05, 3.63) is 59.9 Å². The Morgan fingerprint density at radius 3 is 2.54 bits per heavy atom. The zero-order chi connectivity index (χ0) is 20.3. The number of amides is 1. The zero-order valence-corrected chi connectivity index (χ0v) is 17.8. The lowest BCUT2D eigenvalue weighted by atomic mass is 9.93. The molecule has 0 N–H and O–H groups in total. The summed E-state index contributed by atoms with van der Waals surface area (Å²) in [6.07, 6.45) is 5.68. The van der Waals surface area contributed by atoms with E-state index in [0.29, 0.717) is 6.42 Å². The van der Waals surface area contributed by atoms with Crippen LogP contribution < -0.4 is 0 Å². The van der Waals surface area contributed by atoms with Crippen LogP contribution in [0.25, 0.3) is 0 Å². The summed E-state index contributed by atoms with van der Waals surface area (Å²) in [4.78, 5) is 26.8. The molecule has 1 aromatic carbocycles. The van der Waals surface area contributed by atoms with Crippen LogP contribution in [-0.4, -0.2) is 44.5 Å². The highest BCUT2D eigenvalue weighted by Gasteiger charge is 2.50. The summed E-state index contributed by atoms with van der Waals surface area (Å²) in [6, 6.07) is 8.48. The normalized spacial score (nSPS) is 23.6. The van der Waals surface area contributed by atoms with Gasteiger partial charge in [0.2, 0.25) is 8.32 Å². The van der Waals surface area contributed by atoms with Crippen LogP contribution in [0, 0.1) is 5.92 Å². The number of rotatable bonds is 5. The Bertz CT molecular complexity index is 784. The molecule has 0 spiro atoms. The van der Waals surface area contributed by atoms with Gasteiger partial charge in [-0.1, -0.05) is 42.5 Å². The number of hydrogen-bond acceptors (Lipinski definition) is 5. The van der Waals surface area contributed by atoms with Crippen molar-refractivity contribution in [1.82, 2.24) is 4.90 Å². The number of allylic oxidation sites excluding steroid dienone is 2. The van der Waals surface area contributed by atoms with Gasteiger partial charge in [-0.3, -0.25) is 4.90 Å². The molecule has 1 aliphatic heterocycles. The van der Waals surface area contributed by atoms with Crippen LogP contribution in [-0.2, 0) is 25.3 Å². The van der Waals surface area contributed by atoms with Gasteiger partial charge in [0.25, 0.3) is 0 Å². The second-order valence-electron chi connectivity index (χ2n) is 7.99. The highest BCUT2D eigenvalue weighted by Crippen LogP contribution is 2.40. The van der Waals surface area contributed by atoms with Crippen LogP contribution >= 0.6 is 0 Å². The van der Waals surface area contributed by atoms with E-state index >= 15 is 0 Å². The molecule has 0 unspecified atom stereocenters. The molecule has 3 rings (SSSR count). The van der Waals surface area contributed by atoms with E-state index in [1.807, 2.05) is 48.6 Å². The van der Waals surface area contributed by atoms with Gasteiger partial charge in [0, 0.05) is 5.92 Å². The van der Waals surface area contributed by atoms with Crippen LogP contribution in [0.3, 0.4) is 0 Å². The van der Waals surface area contributed by atoms with Crippen molar-refractivity contribution >= 4 is 20.4 Å². The van der Waals surface area contributed by atoms with E-state index in [-0.39, 0.29) is 18.6 Å². The van der Waals surface area contributed by atoms with E-state index in [4.69, 9.17) is 13.9 Å². The molecule has 1 aliphatic carbocycles. The van der Waals surface area contributed by atoms with Gasteiger partial charge in [-0.2, -0.15) is 0 Å². The van der Waals surface area contributed by atoms with Crippen LogP contribution in [0.5, 0.6) is 0 Å². The minimum absolute atomic E-state index is 0.0786. The van der Waals surface area contributed by atoms with Gasteiger partial charge in [0.15, 0.2) is 0 Å². The Morgan fingerprint density at radius 2 is 1.89 bits per heavy atom. The van der Waals surface area contributed by atoms with Gasteiger partial charge in [0.05, 0.1) is 18.9 Å². The molecular formula is C21H27NO5Si. The summed E-state index contributed by atoms with van der Waals surface area (Å²) in [6.45, 7) is 6.48. The third-order valence-corrected chi connectivity index (χ3v) is 5.64. The minimum Gasteiger partial charge on any atom is -0.547 e. The van der Waals surface area contributed by atoms with Crippen molar-refractivity contribution in [3.8, 4) is 0 Å². The molecule has 1 fully saturated rings.